The average molecular weight is 404 g/mol. The fourth-order valence-corrected chi connectivity index (χ4v) is 8.52. The molecular weight excluding hydrogens is 382 g/mol. The van der Waals surface area contributed by atoms with Gasteiger partial charge in [0.15, 0.2) is 0 Å². The molecule has 0 aliphatic heterocycles. The number of benzene rings is 4. The van der Waals surface area contributed by atoms with Crippen molar-refractivity contribution in [1.29, 1.82) is 0 Å². The van der Waals surface area contributed by atoms with Gasteiger partial charge in [-0.1, -0.05) is 0 Å². The minimum atomic E-state index is -2.30. The van der Waals surface area contributed by atoms with Crippen LogP contribution in [0.4, 0.5) is 0 Å². The number of hydrogen-bond donors (Lipinski definition) is 1. The van der Waals surface area contributed by atoms with Crippen LogP contribution in [0.2, 0.25) is 0 Å². The molecule has 0 unspecified atom stereocenters. The molecular formula is C24H22O2P2. The third-order valence-corrected chi connectivity index (χ3v) is 9.62. The van der Waals surface area contributed by atoms with Crippen molar-refractivity contribution in [2.45, 2.75) is 0 Å². The van der Waals surface area contributed by atoms with E-state index < -0.39 is 15.9 Å². The van der Waals surface area contributed by atoms with Gasteiger partial charge in [-0.15, -0.1) is 0 Å². The Morgan fingerprint density at radius 1 is 0.464 bits per heavy atom. The Morgan fingerprint density at radius 3 is 0.821 bits per heavy atom. The first-order valence-electron chi connectivity index (χ1n) is 9.03. The predicted octanol–water partition coefficient (Wildman–Crippen LogP) is 4.22. The van der Waals surface area contributed by atoms with Crippen LogP contribution in [-0.2, 0) is 4.57 Å². The zero-order valence-electron chi connectivity index (χ0n) is 15.3. The van der Waals surface area contributed by atoms with Gasteiger partial charge in [0.1, 0.15) is 0 Å². The molecule has 0 aliphatic rings. The van der Waals surface area contributed by atoms with Crippen molar-refractivity contribution >= 4 is 37.2 Å². The van der Waals surface area contributed by atoms with Gasteiger partial charge in [-0.05, 0) is 0 Å². The SMILES string of the molecule is O=PO.c1ccc([PH](c2ccccc2)(c2ccccc2)c2ccccc2)cc1. The first kappa shape index (κ1) is 20.1. The fraction of sp³-hybridized carbons (Fsp3) is 0. The van der Waals surface area contributed by atoms with Crippen molar-refractivity contribution in [3.63, 3.8) is 0 Å². The summed E-state index contributed by atoms with van der Waals surface area (Å²) in [6.45, 7) is 0. The maximum atomic E-state index is 8.46. The molecule has 0 saturated heterocycles. The number of rotatable bonds is 4. The first-order chi connectivity index (χ1) is 13.8. The fourth-order valence-electron chi connectivity index (χ4n) is 3.75. The van der Waals surface area contributed by atoms with E-state index in [1.165, 1.54) is 21.2 Å². The quantitative estimate of drug-likeness (QED) is 0.517. The Kier molecular flexibility index (Phi) is 7.23. The summed E-state index contributed by atoms with van der Waals surface area (Å²) in [5.74, 6) is 0. The molecule has 0 fully saturated rings. The van der Waals surface area contributed by atoms with E-state index in [4.69, 9.17) is 9.46 Å². The second kappa shape index (κ2) is 10.1. The van der Waals surface area contributed by atoms with Crippen LogP contribution < -0.4 is 21.2 Å². The Morgan fingerprint density at radius 2 is 0.643 bits per heavy atom. The van der Waals surface area contributed by atoms with Crippen LogP contribution in [0, 0.1) is 0 Å². The van der Waals surface area contributed by atoms with Gasteiger partial charge in [0.05, 0.1) is 0 Å². The molecule has 0 aromatic heterocycles. The van der Waals surface area contributed by atoms with Gasteiger partial charge in [0.2, 0.25) is 0 Å². The van der Waals surface area contributed by atoms with Crippen molar-refractivity contribution in [2.75, 3.05) is 0 Å². The van der Waals surface area contributed by atoms with Crippen LogP contribution in [0.5, 0.6) is 0 Å². The van der Waals surface area contributed by atoms with Crippen LogP contribution in [0.1, 0.15) is 0 Å². The predicted molar refractivity (Wildman–Crippen MR) is 122 cm³/mol. The van der Waals surface area contributed by atoms with Gasteiger partial charge in [-0.3, -0.25) is 0 Å². The molecule has 0 amide bonds. The van der Waals surface area contributed by atoms with E-state index in [1.807, 2.05) is 0 Å². The Balaban J connectivity index is 0.000000706. The van der Waals surface area contributed by atoms with Crippen molar-refractivity contribution in [2.24, 2.45) is 0 Å². The molecule has 0 saturated carbocycles. The molecule has 0 bridgehead atoms. The van der Waals surface area contributed by atoms with Crippen molar-refractivity contribution < 1.29 is 9.46 Å². The summed E-state index contributed by atoms with van der Waals surface area (Å²) in [5, 5.41) is 5.66. The van der Waals surface area contributed by atoms with E-state index in [2.05, 4.69) is 121 Å². The Labute approximate surface area is 168 Å². The van der Waals surface area contributed by atoms with E-state index in [-0.39, 0.29) is 0 Å². The molecule has 0 spiro atoms. The van der Waals surface area contributed by atoms with E-state index in [0.717, 1.165) is 0 Å². The number of hydrogen-bond acceptors (Lipinski definition) is 1. The average Bonchev–Trinajstić information content (AvgIpc) is 2.78. The minimum absolute atomic E-state index is 0.833. The molecule has 4 rings (SSSR count). The molecule has 0 aliphatic carbocycles. The first-order valence-corrected chi connectivity index (χ1v) is 11.8. The van der Waals surface area contributed by atoms with Gasteiger partial charge in [0, 0.05) is 0 Å². The Bertz CT molecular complexity index is 813. The van der Waals surface area contributed by atoms with Gasteiger partial charge in [-0.25, -0.2) is 4.57 Å². The monoisotopic (exact) mass is 404 g/mol. The summed E-state index contributed by atoms with van der Waals surface area (Å²) in [4.78, 5) is 6.99. The normalized spacial score (nSPS) is 11.3. The van der Waals surface area contributed by atoms with Crippen LogP contribution in [0.3, 0.4) is 0 Å². The standard InChI is InChI=1S/C24H21P.HO2P/c1-5-13-21(14-6-1)25(22-15-7-2-8-16-22,23-17-9-3-10-18-23)24-19-11-4-12-20-24;1-3-2/h1-20,25H;(H,1,2). The zero-order chi connectivity index (χ0) is 19.7. The summed E-state index contributed by atoms with van der Waals surface area (Å²) in [6, 6.07) is 44.0. The topological polar surface area (TPSA) is 37.3 Å². The maximum absolute atomic E-state index is 8.46. The van der Waals surface area contributed by atoms with Gasteiger partial charge in [0.25, 0.3) is 0 Å². The molecule has 4 aromatic rings. The zero-order valence-corrected chi connectivity index (χ0v) is 17.2. The molecule has 0 radical (unpaired) electrons. The summed E-state index contributed by atoms with van der Waals surface area (Å²) in [7, 11) is -3.13. The van der Waals surface area contributed by atoms with Crippen LogP contribution in [-0.4, -0.2) is 4.89 Å². The van der Waals surface area contributed by atoms with Crippen LogP contribution in [0.15, 0.2) is 121 Å². The van der Waals surface area contributed by atoms with Crippen LogP contribution >= 0.6 is 15.9 Å². The molecule has 140 valence electrons. The molecule has 4 aromatic carbocycles. The third-order valence-electron chi connectivity index (χ3n) is 4.83. The second-order valence-corrected chi connectivity index (χ2v) is 10.3. The van der Waals surface area contributed by atoms with E-state index in [0.29, 0.717) is 0 Å². The Hall–Kier alpha value is -2.63. The molecule has 0 atom stereocenters. The summed E-state index contributed by atoms with van der Waals surface area (Å²) in [6.07, 6.45) is 0. The molecule has 1 N–H and O–H groups in total. The molecule has 4 heteroatoms. The van der Waals surface area contributed by atoms with Gasteiger partial charge >= 0.3 is 158 Å². The van der Waals surface area contributed by atoms with Crippen molar-refractivity contribution in [1.82, 2.24) is 0 Å². The second-order valence-electron chi connectivity index (χ2n) is 6.30. The van der Waals surface area contributed by atoms with Gasteiger partial charge < -0.3 is 4.89 Å². The van der Waals surface area contributed by atoms with Crippen LogP contribution in [0.25, 0.3) is 0 Å². The van der Waals surface area contributed by atoms with E-state index >= 15 is 0 Å². The summed E-state index contributed by atoms with van der Waals surface area (Å²) in [5.41, 5.74) is 0. The summed E-state index contributed by atoms with van der Waals surface area (Å²) < 4.78 is 8.46. The van der Waals surface area contributed by atoms with E-state index in [1.54, 1.807) is 0 Å². The molecule has 2 nitrogen and oxygen atoms in total. The van der Waals surface area contributed by atoms with Crippen molar-refractivity contribution in [3.05, 3.63) is 121 Å². The van der Waals surface area contributed by atoms with Gasteiger partial charge in [-0.2, -0.15) is 0 Å². The third kappa shape index (κ3) is 4.11. The summed E-state index contributed by atoms with van der Waals surface area (Å²) >= 11 is 0. The van der Waals surface area contributed by atoms with Crippen molar-refractivity contribution in [3.8, 4) is 0 Å². The molecule has 0 heterocycles. The molecule has 28 heavy (non-hydrogen) atoms. The van der Waals surface area contributed by atoms with E-state index in [9.17, 15) is 0 Å².